The number of primary amides is 1. The van der Waals surface area contributed by atoms with E-state index in [4.69, 9.17) is 10.5 Å². The molecule has 9 heteroatoms. The molecule has 2 atom stereocenters. The number of benzene rings is 1. The zero-order chi connectivity index (χ0) is 22.7. The van der Waals surface area contributed by atoms with Gasteiger partial charge in [-0.25, -0.2) is 4.79 Å². The Kier molecular flexibility index (Phi) is 6.34. The fraction of sp³-hybridized carbons (Fsp3) is 0.565. The SMILES string of the molecule is NC(=O)C1(N2CC[C@@H](NC(=O)[C@@H]3CCCN3C(=O)OCc3ccccc3)C2=O)CCCC1. The minimum absolute atomic E-state index is 0.135. The smallest absolute Gasteiger partial charge is 0.410 e. The van der Waals surface area contributed by atoms with E-state index in [1.807, 2.05) is 30.3 Å². The van der Waals surface area contributed by atoms with Crippen LogP contribution in [0.25, 0.3) is 0 Å². The van der Waals surface area contributed by atoms with E-state index in [0.29, 0.717) is 45.2 Å². The number of nitrogens with two attached hydrogens (primary N) is 1. The average molecular weight is 443 g/mol. The summed E-state index contributed by atoms with van der Waals surface area (Å²) in [6, 6.07) is 7.97. The van der Waals surface area contributed by atoms with Crippen LogP contribution in [-0.4, -0.2) is 64.3 Å². The van der Waals surface area contributed by atoms with Gasteiger partial charge >= 0.3 is 6.09 Å². The van der Waals surface area contributed by atoms with Gasteiger partial charge in [0.15, 0.2) is 0 Å². The number of nitrogens with one attached hydrogen (secondary N) is 1. The predicted octanol–water partition coefficient (Wildman–Crippen LogP) is 1.30. The minimum atomic E-state index is -0.933. The maximum Gasteiger partial charge on any atom is 0.410 e. The Morgan fingerprint density at radius 2 is 1.78 bits per heavy atom. The maximum absolute atomic E-state index is 13.0. The zero-order valence-corrected chi connectivity index (χ0v) is 18.1. The van der Waals surface area contributed by atoms with Crippen molar-refractivity contribution < 1.29 is 23.9 Å². The van der Waals surface area contributed by atoms with Gasteiger partial charge in [-0.1, -0.05) is 43.2 Å². The van der Waals surface area contributed by atoms with Crippen LogP contribution in [-0.2, 0) is 25.7 Å². The van der Waals surface area contributed by atoms with Gasteiger partial charge in [0, 0.05) is 13.1 Å². The molecule has 172 valence electrons. The summed E-state index contributed by atoms with van der Waals surface area (Å²) in [7, 11) is 0. The molecular weight excluding hydrogens is 412 g/mol. The van der Waals surface area contributed by atoms with E-state index in [1.165, 1.54) is 4.90 Å². The third kappa shape index (κ3) is 4.16. The molecule has 3 fully saturated rings. The van der Waals surface area contributed by atoms with Crippen molar-refractivity contribution in [3.8, 4) is 0 Å². The van der Waals surface area contributed by atoms with Crippen molar-refractivity contribution in [3.63, 3.8) is 0 Å². The average Bonchev–Trinajstić information content (AvgIpc) is 3.54. The van der Waals surface area contributed by atoms with Gasteiger partial charge in [0.25, 0.3) is 0 Å². The van der Waals surface area contributed by atoms with Crippen molar-refractivity contribution in [3.05, 3.63) is 35.9 Å². The lowest BCUT2D eigenvalue weighted by Crippen LogP contribution is -2.58. The number of hydrogen-bond donors (Lipinski definition) is 2. The van der Waals surface area contributed by atoms with Crippen LogP contribution >= 0.6 is 0 Å². The minimum Gasteiger partial charge on any atom is -0.445 e. The van der Waals surface area contributed by atoms with E-state index in [-0.39, 0.29) is 18.4 Å². The molecule has 3 N–H and O–H groups in total. The number of carbonyl (C=O) groups is 4. The highest BCUT2D eigenvalue weighted by molar-refractivity contribution is 5.96. The predicted molar refractivity (Wildman–Crippen MR) is 115 cm³/mol. The first-order valence-electron chi connectivity index (χ1n) is 11.3. The molecule has 2 aliphatic heterocycles. The fourth-order valence-electron chi connectivity index (χ4n) is 5.18. The normalized spacial score (nSPS) is 24.6. The quantitative estimate of drug-likeness (QED) is 0.688. The lowest BCUT2D eigenvalue weighted by atomic mass is 9.94. The van der Waals surface area contributed by atoms with E-state index < -0.39 is 29.6 Å². The van der Waals surface area contributed by atoms with Crippen molar-refractivity contribution in [2.45, 2.75) is 69.2 Å². The number of rotatable bonds is 6. The second-order valence-corrected chi connectivity index (χ2v) is 8.83. The number of nitrogens with zero attached hydrogens (tertiary/aromatic N) is 2. The largest absolute Gasteiger partial charge is 0.445 e. The Morgan fingerprint density at radius 3 is 2.47 bits per heavy atom. The molecule has 1 aliphatic carbocycles. The van der Waals surface area contributed by atoms with Gasteiger partial charge in [-0.2, -0.15) is 0 Å². The van der Waals surface area contributed by atoms with E-state index in [2.05, 4.69) is 5.32 Å². The molecule has 0 bridgehead atoms. The molecule has 1 aromatic rings. The summed E-state index contributed by atoms with van der Waals surface area (Å²) in [4.78, 5) is 53.7. The van der Waals surface area contributed by atoms with Crippen molar-refractivity contribution in [1.82, 2.24) is 15.1 Å². The van der Waals surface area contributed by atoms with Crippen molar-refractivity contribution in [1.29, 1.82) is 0 Å². The molecule has 4 rings (SSSR count). The van der Waals surface area contributed by atoms with Gasteiger partial charge in [-0.15, -0.1) is 0 Å². The number of likely N-dealkylation sites (tertiary alicyclic amines) is 2. The van der Waals surface area contributed by atoms with Crippen LogP contribution in [0.4, 0.5) is 4.79 Å². The summed E-state index contributed by atoms with van der Waals surface area (Å²) in [5.41, 5.74) is 5.60. The molecule has 32 heavy (non-hydrogen) atoms. The highest BCUT2D eigenvalue weighted by atomic mass is 16.6. The highest BCUT2D eigenvalue weighted by Crippen LogP contribution is 2.37. The lowest BCUT2D eigenvalue weighted by molar-refractivity contribution is -0.144. The number of carbonyl (C=O) groups excluding carboxylic acids is 4. The summed E-state index contributed by atoms with van der Waals surface area (Å²) >= 11 is 0. The Labute approximate surface area is 187 Å². The highest BCUT2D eigenvalue weighted by Gasteiger charge is 2.51. The Morgan fingerprint density at radius 1 is 1.06 bits per heavy atom. The summed E-state index contributed by atoms with van der Waals surface area (Å²) in [6.07, 6.45) is 3.93. The monoisotopic (exact) mass is 442 g/mol. The third-order valence-electron chi connectivity index (χ3n) is 6.92. The van der Waals surface area contributed by atoms with Gasteiger partial charge in [0.2, 0.25) is 17.7 Å². The summed E-state index contributed by atoms with van der Waals surface area (Å²) < 4.78 is 5.39. The fourth-order valence-corrected chi connectivity index (χ4v) is 5.18. The molecular formula is C23H30N4O5. The molecule has 9 nitrogen and oxygen atoms in total. The van der Waals surface area contributed by atoms with E-state index in [1.54, 1.807) is 4.90 Å². The van der Waals surface area contributed by atoms with Crippen LogP contribution in [0.5, 0.6) is 0 Å². The van der Waals surface area contributed by atoms with Crippen molar-refractivity contribution >= 4 is 23.8 Å². The third-order valence-corrected chi connectivity index (χ3v) is 6.92. The van der Waals surface area contributed by atoms with Gasteiger partial charge in [0.05, 0.1) is 0 Å². The molecule has 0 radical (unpaired) electrons. The first kappa shape index (κ1) is 22.1. The van der Waals surface area contributed by atoms with Crippen LogP contribution in [0.1, 0.15) is 50.5 Å². The number of hydrogen-bond acceptors (Lipinski definition) is 5. The Bertz CT molecular complexity index is 884. The van der Waals surface area contributed by atoms with Crippen LogP contribution in [0.3, 0.4) is 0 Å². The van der Waals surface area contributed by atoms with Crippen molar-refractivity contribution in [2.24, 2.45) is 5.73 Å². The van der Waals surface area contributed by atoms with Crippen LogP contribution in [0, 0.1) is 0 Å². The first-order chi connectivity index (χ1) is 15.4. The van der Waals surface area contributed by atoms with Crippen LogP contribution in [0.2, 0.25) is 0 Å². The second-order valence-electron chi connectivity index (χ2n) is 8.83. The van der Waals surface area contributed by atoms with Gasteiger partial charge < -0.3 is 20.7 Å². The molecule has 2 heterocycles. The lowest BCUT2D eigenvalue weighted by Gasteiger charge is -2.36. The molecule has 1 aromatic carbocycles. The van der Waals surface area contributed by atoms with E-state index in [9.17, 15) is 19.2 Å². The molecule has 4 amide bonds. The summed E-state index contributed by atoms with van der Waals surface area (Å²) in [5.74, 6) is -1.10. The summed E-state index contributed by atoms with van der Waals surface area (Å²) in [6.45, 7) is 0.956. The van der Waals surface area contributed by atoms with E-state index in [0.717, 1.165) is 18.4 Å². The Balaban J connectivity index is 1.35. The molecule has 0 spiro atoms. The zero-order valence-electron chi connectivity index (χ0n) is 18.1. The van der Waals surface area contributed by atoms with Crippen molar-refractivity contribution in [2.75, 3.05) is 13.1 Å². The second kappa shape index (κ2) is 9.18. The topological polar surface area (TPSA) is 122 Å². The molecule has 1 saturated carbocycles. The standard InChI is InChI=1S/C23H30N4O5/c24-21(30)23(11-4-5-12-23)27-14-10-17(20(27)29)25-19(28)18-9-6-13-26(18)22(31)32-15-16-7-2-1-3-8-16/h1-3,7-8,17-18H,4-6,9-15H2,(H2,24,30)(H,25,28)/t17-,18+/m1/s1. The maximum atomic E-state index is 13.0. The van der Waals surface area contributed by atoms with Gasteiger partial charge in [0.1, 0.15) is 24.2 Å². The van der Waals surface area contributed by atoms with Crippen LogP contribution in [0.15, 0.2) is 30.3 Å². The molecule has 0 aromatic heterocycles. The number of amides is 4. The first-order valence-corrected chi connectivity index (χ1v) is 11.3. The molecule has 3 aliphatic rings. The van der Waals surface area contributed by atoms with Gasteiger partial charge in [-0.3, -0.25) is 19.3 Å². The Hall–Kier alpha value is -3.10. The van der Waals surface area contributed by atoms with Gasteiger partial charge in [-0.05, 0) is 37.7 Å². The summed E-state index contributed by atoms with van der Waals surface area (Å²) in [5, 5.41) is 2.81. The molecule has 0 unspecified atom stereocenters. The van der Waals surface area contributed by atoms with E-state index >= 15 is 0 Å². The number of ether oxygens (including phenoxy) is 1. The van der Waals surface area contributed by atoms with Crippen LogP contribution < -0.4 is 11.1 Å². The molecule has 2 saturated heterocycles.